The lowest BCUT2D eigenvalue weighted by Crippen LogP contribution is -2.02. The van der Waals surface area contributed by atoms with Crippen molar-refractivity contribution in [1.29, 1.82) is 5.26 Å². The molecule has 8 heteroatoms. The van der Waals surface area contributed by atoms with E-state index in [0.717, 1.165) is 15.8 Å². The third kappa shape index (κ3) is 3.65. The van der Waals surface area contributed by atoms with Crippen LogP contribution in [0, 0.1) is 11.3 Å². The molecule has 134 valence electrons. The summed E-state index contributed by atoms with van der Waals surface area (Å²) in [6, 6.07) is 13.9. The number of fused-ring (bicyclic) bond motifs is 1. The molecule has 0 saturated heterocycles. The average Bonchev–Trinajstić information content (AvgIpc) is 3.44. The van der Waals surface area contributed by atoms with Gasteiger partial charge >= 0.3 is 0 Å². The number of H-pyrrole nitrogens is 1. The van der Waals surface area contributed by atoms with Crippen LogP contribution in [0.15, 0.2) is 53.1 Å². The predicted molar refractivity (Wildman–Crippen MR) is 107 cm³/mol. The molecule has 0 aliphatic carbocycles. The molecule has 4 aromatic rings. The molecule has 0 radical (unpaired) electrons. The summed E-state index contributed by atoms with van der Waals surface area (Å²) in [5.74, 6) is 0.996. The van der Waals surface area contributed by atoms with Gasteiger partial charge in [0.2, 0.25) is 5.16 Å². The number of nitriles is 1. The molecule has 6 nitrogen and oxygen atoms in total. The topological polar surface area (TPSA) is 87.4 Å². The number of carbonyl (C=O) groups is 1. The van der Waals surface area contributed by atoms with E-state index in [4.69, 9.17) is 5.26 Å². The molecule has 0 aliphatic heterocycles. The Kier molecular flexibility index (Phi) is 5.05. The summed E-state index contributed by atoms with van der Waals surface area (Å²) in [4.78, 5) is 18.2. The van der Waals surface area contributed by atoms with Gasteiger partial charge in [0.05, 0.1) is 23.1 Å². The quantitative estimate of drug-likeness (QED) is 0.372. The lowest BCUT2D eigenvalue weighted by atomic mass is 10.1. The summed E-state index contributed by atoms with van der Waals surface area (Å²) in [6.45, 7) is 0.572. The van der Waals surface area contributed by atoms with Gasteiger partial charge in [-0.3, -0.25) is 9.89 Å². The Bertz CT molecular complexity index is 1120. The third-order valence-electron chi connectivity index (χ3n) is 4.11. The summed E-state index contributed by atoms with van der Waals surface area (Å²) in [6.07, 6.45) is 2.25. The van der Waals surface area contributed by atoms with E-state index in [9.17, 15) is 4.79 Å². The number of benzene rings is 1. The highest BCUT2D eigenvalue weighted by Gasteiger charge is 2.16. The Hall–Kier alpha value is -2.89. The molecule has 0 atom stereocenters. The Morgan fingerprint density at radius 2 is 2.19 bits per heavy atom. The van der Waals surface area contributed by atoms with E-state index in [0.29, 0.717) is 29.5 Å². The van der Waals surface area contributed by atoms with Crippen LogP contribution in [0.5, 0.6) is 0 Å². The summed E-state index contributed by atoms with van der Waals surface area (Å²) in [5, 5.41) is 19.4. The maximum absolute atomic E-state index is 12.8. The monoisotopic (exact) mass is 393 g/mol. The highest BCUT2D eigenvalue weighted by Crippen LogP contribution is 2.26. The number of aryl methyl sites for hydroxylation is 1. The van der Waals surface area contributed by atoms with E-state index >= 15 is 0 Å². The molecule has 1 aromatic carbocycles. The largest absolute Gasteiger partial charge is 0.346 e. The smallest absolute Gasteiger partial charge is 0.209 e. The molecule has 0 aliphatic rings. The van der Waals surface area contributed by atoms with Crippen molar-refractivity contribution in [2.75, 3.05) is 5.75 Å². The van der Waals surface area contributed by atoms with Crippen molar-refractivity contribution in [3.05, 3.63) is 53.5 Å². The van der Waals surface area contributed by atoms with Crippen LogP contribution in [0.25, 0.3) is 21.6 Å². The number of thioether (sulfide) groups is 1. The highest BCUT2D eigenvalue weighted by molar-refractivity contribution is 7.99. The Morgan fingerprint density at radius 3 is 3.00 bits per heavy atom. The van der Waals surface area contributed by atoms with E-state index in [-0.39, 0.29) is 11.5 Å². The Labute approximate surface area is 163 Å². The minimum absolute atomic E-state index is 0.0226. The molecule has 0 unspecified atom stereocenters. The minimum Gasteiger partial charge on any atom is -0.346 e. The second-order valence-electron chi connectivity index (χ2n) is 5.82. The van der Waals surface area contributed by atoms with Gasteiger partial charge < -0.3 is 4.57 Å². The Morgan fingerprint density at radius 1 is 1.30 bits per heavy atom. The summed E-state index contributed by atoms with van der Waals surface area (Å²) in [7, 11) is 0. The SMILES string of the molecule is N#CCCn1cc(C(=O)CSc2n[nH]c(-c3cccs3)n2)c2ccccc21. The maximum atomic E-state index is 12.8. The van der Waals surface area contributed by atoms with Crippen LogP contribution < -0.4 is 0 Å². The van der Waals surface area contributed by atoms with Crippen LogP contribution in [0.4, 0.5) is 0 Å². The van der Waals surface area contributed by atoms with E-state index < -0.39 is 0 Å². The number of aromatic nitrogens is 4. The fourth-order valence-electron chi connectivity index (χ4n) is 2.87. The lowest BCUT2D eigenvalue weighted by Gasteiger charge is -2.00. The number of nitrogens with zero attached hydrogens (tertiary/aromatic N) is 4. The van der Waals surface area contributed by atoms with E-state index in [1.54, 1.807) is 11.3 Å². The molecular weight excluding hydrogens is 378 g/mol. The molecule has 0 bridgehead atoms. The third-order valence-corrected chi connectivity index (χ3v) is 5.83. The van der Waals surface area contributed by atoms with E-state index in [2.05, 4.69) is 21.3 Å². The summed E-state index contributed by atoms with van der Waals surface area (Å²) < 4.78 is 1.97. The molecule has 0 fully saturated rings. The number of rotatable bonds is 7. The van der Waals surface area contributed by atoms with Crippen LogP contribution in [0.3, 0.4) is 0 Å². The number of aromatic amines is 1. The van der Waals surface area contributed by atoms with Gasteiger partial charge in [-0.25, -0.2) is 4.98 Å². The van der Waals surface area contributed by atoms with Gasteiger partial charge in [0.15, 0.2) is 11.6 Å². The number of hydrogen-bond acceptors (Lipinski definition) is 6. The number of para-hydroxylation sites is 1. The molecule has 0 spiro atoms. The normalized spacial score (nSPS) is 10.9. The van der Waals surface area contributed by atoms with Gasteiger partial charge in [0, 0.05) is 29.2 Å². The second-order valence-corrected chi connectivity index (χ2v) is 7.71. The van der Waals surface area contributed by atoms with Crippen molar-refractivity contribution in [1.82, 2.24) is 19.7 Å². The zero-order valence-electron chi connectivity index (χ0n) is 14.3. The Balaban J connectivity index is 1.51. The van der Waals surface area contributed by atoms with E-state index in [1.807, 2.05) is 52.5 Å². The molecule has 3 heterocycles. The second kappa shape index (κ2) is 7.78. The van der Waals surface area contributed by atoms with Crippen molar-refractivity contribution in [2.45, 2.75) is 18.1 Å². The molecule has 1 N–H and O–H groups in total. The first-order chi connectivity index (χ1) is 13.3. The summed E-state index contributed by atoms with van der Waals surface area (Å²) >= 11 is 2.90. The molecule has 4 rings (SSSR count). The number of carbonyl (C=O) groups excluding carboxylic acids is 1. The molecule has 0 saturated carbocycles. The number of nitrogens with one attached hydrogen (secondary N) is 1. The first kappa shape index (κ1) is 17.5. The van der Waals surface area contributed by atoms with Crippen LogP contribution >= 0.6 is 23.1 Å². The summed E-state index contributed by atoms with van der Waals surface area (Å²) in [5.41, 5.74) is 1.64. The van der Waals surface area contributed by atoms with Crippen molar-refractivity contribution >= 4 is 39.8 Å². The number of ketones is 1. The van der Waals surface area contributed by atoms with Crippen molar-refractivity contribution in [3.63, 3.8) is 0 Å². The predicted octanol–water partition coefficient (Wildman–Crippen LogP) is 4.38. The molecule has 27 heavy (non-hydrogen) atoms. The number of thiophene rings is 1. The molecule has 3 aromatic heterocycles. The first-order valence-electron chi connectivity index (χ1n) is 8.33. The molecule has 0 amide bonds. The van der Waals surface area contributed by atoms with E-state index in [1.165, 1.54) is 11.8 Å². The zero-order chi connectivity index (χ0) is 18.6. The highest BCUT2D eigenvalue weighted by atomic mass is 32.2. The maximum Gasteiger partial charge on any atom is 0.209 e. The minimum atomic E-state index is 0.0226. The average molecular weight is 393 g/mol. The van der Waals surface area contributed by atoms with Crippen molar-refractivity contribution in [3.8, 4) is 16.8 Å². The fraction of sp³-hybridized carbons (Fsp3) is 0.158. The van der Waals surface area contributed by atoms with Gasteiger partial charge in [-0.2, -0.15) is 5.26 Å². The van der Waals surface area contributed by atoms with Crippen LogP contribution in [-0.2, 0) is 6.54 Å². The van der Waals surface area contributed by atoms with Crippen molar-refractivity contribution < 1.29 is 4.79 Å². The van der Waals surface area contributed by atoms with Gasteiger partial charge in [0.25, 0.3) is 0 Å². The zero-order valence-corrected chi connectivity index (χ0v) is 15.9. The van der Waals surface area contributed by atoms with Crippen LogP contribution in [0.2, 0.25) is 0 Å². The van der Waals surface area contributed by atoms with Gasteiger partial charge in [-0.15, -0.1) is 16.4 Å². The molecular formula is C19H15N5OS2. The number of Topliss-reactive ketones (excluding diaryl/α,β-unsaturated/α-hetero) is 1. The van der Waals surface area contributed by atoms with Gasteiger partial charge in [-0.1, -0.05) is 36.0 Å². The van der Waals surface area contributed by atoms with Crippen LogP contribution in [-0.4, -0.2) is 31.3 Å². The van der Waals surface area contributed by atoms with Gasteiger partial charge in [-0.05, 0) is 17.5 Å². The number of hydrogen-bond donors (Lipinski definition) is 1. The van der Waals surface area contributed by atoms with Crippen molar-refractivity contribution in [2.24, 2.45) is 0 Å². The fourth-order valence-corrected chi connectivity index (χ4v) is 4.21. The first-order valence-corrected chi connectivity index (χ1v) is 10.2. The standard InChI is InChI=1S/C19H15N5OS2/c20-8-4-9-24-11-14(13-5-1-2-6-15(13)24)16(25)12-27-19-21-18(22-23-19)17-7-3-10-26-17/h1-3,5-7,10-11H,4,9,12H2,(H,21,22,23). The van der Waals surface area contributed by atoms with Crippen LogP contribution in [0.1, 0.15) is 16.8 Å². The lowest BCUT2D eigenvalue weighted by molar-refractivity contribution is 0.102. The van der Waals surface area contributed by atoms with Gasteiger partial charge in [0.1, 0.15) is 0 Å².